The van der Waals surface area contributed by atoms with Crippen LogP contribution in [0.4, 0.5) is 5.82 Å². The number of hydrogen-bond donors (Lipinski definition) is 3. The summed E-state index contributed by atoms with van der Waals surface area (Å²) < 4.78 is 26.9. The molecule has 1 atom stereocenters. The van der Waals surface area contributed by atoms with Crippen LogP contribution < -0.4 is 16.0 Å². The fraction of sp³-hybridized carbons (Fsp3) is 0.545. The van der Waals surface area contributed by atoms with Crippen molar-refractivity contribution >= 4 is 15.8 Å². The standard InChI is InChI=1S/C11H18N4O2S/c1-8(9-3-2-4-9)15-18(16,17)10-5-6-11(14-12)13-7-10/h5-9,15H,2-4,12H2,1H3,(H,13,14). The van der Waals surface area contributed by atoms with Gasteiger partial charge in [-0.25, -0.2) is 24.0 Å². The zero-order chi connectivity index (χ0) is 13.2. The Hall–Kier alpha value is -1.18. The number of nitrogens with one attached hydrogen (secondary N) is 2. The average Bonchev–Trinajstić information content (AvgIpc) is 2.26. The maximum Gasteiger partial charge on any atom is 0.242 e. The first-order valence-electron chi connectivity index (χ1n) is 5.98. The Morgan fingerprint density at radius 1 is 1.44 bits per heavy atom. The molecule has 0 spiro atoms. The minimum absolute atomic E-state index is 0.0314. The third-order valence-electron chi connectivity index (χ3n) is 3.39. The Morgan fingerprint density at radius 3 is 2.61 bits per heavy atom. The molecule has 0 radical (unpaired) electrons. The van der Waals surface area contributed by atoms with Gasteiger partial charge in [-0.1, -0.05) is 6.42 Å². The van der Waals surface area contributed by atoms with E-state index in [9.17, 15) is 8.42 Å². The van der Waals surface area contributed by atoms with Gasteiger partial charge < -0.3 is 5.43 Å². The summed E-state index contributed by atoms with van der Waals surface area (Å²) in [5.41, 5.74) is 2.36. The quantitative estimate of drug-likeness (QED) is 0.544. The first kappa shape index (κ1) is 13.3. The van der Waals surface area contributed by atoms with Crippen LogP contribution in [0.3, 0.4) is 0 Å². The highest BCUT2D eigenvalue weighted by molar-refractivity contribution is 7.89. The minimum Gasteiger partial charge on any atom is -0.308 e. The second-order valence-electron chi connectivity index (χ2n) is 4.62. The molecule has 1 aliphatic carbocycles. The number of nitrogen functional groups attached to an aromatic ring is 1. The van der Waals surface area contributed by atoms with Gasteiger partial charge in [-0.3, -0.25) is 0 Å². The number of hydrazine groups is 1. The molecule has 1 fully saturated rings. The van der Waals surface area contributed by atoms with Crippen LogP contribution in [-0.4, -0.2) is 19.4 Å². The number of aromatic nitrogens is 1. The van der Waals surface area contributed by atoms with E-state index in [0.29, 0.717) is 11.7 Å². The monoisotopic (exact) mass is 270 g/mol. The predicted molar refractivity (Wildman–Crippen MR) is 69.2 cm³/mol. The van der Waals surface area contributed by atoms with Crippen LogP contribution in [0.2, 0.25) is 0 Å². The Kier molecular flexibility index (Phi) is 3.84. The molecule has 6 nitrogen and oxygen atoms in total. The molecule has 0 aromatic carbocycles. The summed E-state index contributed by atoms with van der Waals surface area (Å²) in [6, 6.07) is 2.98. The number of hydrogen-bond acceptors (Lipinski definition) is 5. The summed E-state index contributed by atoms with van der Waals surface area (Å²) in [7, 11) is -3.49. The first-order chi connectivity index (χ1) is 8.53. The van der Waals surface area contributed by atoms with Gasteiger partial charge in [0.25, 0.3) is 0 Å². The molecule has 1 unspecified atom stereocenters. The molecule has 1 aromatic rings. The highest BCUT2D eigenvalue weighted by Gasteiger charge is 2.27. The lowest BCUT2D eigenvalue weighted by Gasteiger charge is -2.31. The highest BCUT2D eigenvalue weighted by atomic mass is 32.2. The molecule has 0 amide bonds. The number of sulfonamides is 1. The zero-order valence-electron chi connectivity index (χ0n) is 10.3. The molecule has 4 N–H and O–H groups in total. The van der Waals surface area contributed by atoms with Crippen LogP contribution in [0, 0.1) is 5.92 Å². The van der Waals surface area contributed by atoms with Gasteiger partial charge in [-0.15, -0.1) is 0 Å². The van der Waals surface area contributed by atoms with E-state index >= 15 is 0 Å². The van der Waals surface area contributed by atoms with Crippen LogP contribution in [0.5, 0.6) is 0 Å². The van der Waals surface area contributed by atoms with E-state index in [2.05, 4.69) is 15.1 Å². The van der Waals surface area contributed by atoms with Crippen molar-refractivity contribution in [1.82, 2.24) is 9.71 Å². The van der Waals surface area contributed by atoms with E-state index in [1.54, 1.807) is 0 Å². The van der Waals surface area contributed by atoms with Gasteiger partial charge in [-0.2, -0.15) is 0 Å². The number of nitrogens with zero attached hydrogens (tertiary/aromatic N) is 1. The SMILES string of the molecule is CC(NS(=O)(=O)c1ccc(NN)nc1)C1CCC1. The van der Waals surface area contributed by atoms with Gasteiger partial charge in [0.1, 0.15) is 10.7 Å². The fourth-order valence-corrected chi connectivity index (χ4v) is 3.23. The summed E-state index contributed by atoms with van der Waals surface area (Å²) >= 11 is 0. The van der Waals surface area contributed by atoms with Crippen molar-refractivity contribution < 1.29 is 8.42 Å². The average molecular weight is 270 g/mol. The summed E-state index contributed by atoms with van der Waals surface area (Å²) in [6.07, 6.45) is 4.68. The molecule has 1 saturated carbocycles. The topological polar surface area (TPSA) is 97.1 Å². The molecular weight excluding hydrogens is 252 g/mol. The van der Waals surface area contributed by atoms with Crippen LogP contribution >= 0.6 is 0 Å². The molecule has 0 bridgehead atoms. The van der Waals surface area contributed by atoms with Gasteiger partial charge in [0, 0.05) is 12.2 Å². The van der Waals surface area contributed by atoms with Gasteiger partial charge >= 0.3 is 0 Å². The van der Waals surface area contributed by atoms with Crippen molar-refractivity contribution in [2.24, 2.45) is 11.8 Å². The van der Waals surface area contributed by atoms with E-state index in [-0.39, 0.29) is 10.9 Å². The minimum atomic E-state index is -3.49. The molecule has 1 aromatic heterocycles. The predicted octanol–water partition coefficient (Wildman–Crippen LogP) is 0.834. The van der Waals surface area contributed by atoms with Crippen LogP contribution in [0.1, 0.15) is 26.2 Å². The fourth-order valence-electron chi connectivity index (χ4n) is 1.97. The molecule has 18 heavy (non-hydrogen) atoms. The molecule has 1 aliphatic rings. The Morgan fingerprint density at radius 2 is 2.17 bits per heavy atom. The van der Waals surface area contributed by atoms with Crippen LogP contribution in [-0.2, 0) is 10.0 Å². The number of rotatable bonds is 5. The molecule has 1 heterocycles. The Balaban J connectivity index is 2.08. The van der Waals surface area contributed by atoms with E-state index in [1.807, 2.05) is 6.92 Å². The summed E-state index contributed by atoms with van der Waals surface area (Å²) in [5.74, 6) is 6.07. The van der Waals surface area contributed by atoms with E-state index < -0.39 is 10.0 Å². The van der Waals surface area contributed by atoms with Gasteiger partial charge in [0.05, 0.1) is 0 Å². The maximum absolute atomic E-state index is 12.1. The molecule has 0 saturated heterocycles. The van der Waals surface area contributed by atoms with Crippen molar-refractivity contribution in [3.8, 4) is 0 Å². The summed E-state index contributed by atoms with van der Waals surface area (Å²) in [6.45, 7) is 1.91. The summed E-state index contributed by atoms with van der Waals surface area (Å²) in [5, 5.41) is 0. The van der Waals surface area contributed by atoms with E-state index in [0.717, 1.165) is 12.8 Å². The first-order valence-corrected chi connectivity index (χ1v) is 7.46. The second kappa shape index (κ2) is 5.21. The van der Waals surface area contributed by atoms with Crippen molar-refractivity contribution in [2.45, 2.75) is 37.1 Å². The van der Waals surface area contributed by atoms with E-state index in [1.165, 1.54) is 24.8 Å². The Bertz CT molecular complexity index is 496. The van der Waals surface area contributed by atoms with Crippen molar-refractivity contribution in [1.29, 1.82) is 0 Å². The van der Waals surface area contributed by atoms with Gasteiger partial charge in [0.2, 0.25) is 10.0 Å². The van der Waals surface area contributed by atoms with Gasteiger partial charge in [-0.05, 0) is 37.8 Å². The van der Waals surface area contributed by atoms with Gasteiger partial charge in [0.15, 0.2) is 0 Å². The van der Waals surface area contributed by atoms with Crippen LogP contribution in [0.25, 0.3) is 0 Å². The normalized spacial score (nSPS) is 18.1. The largest absolute Gasteiger partial charge is 0.308 e. The lowest BCUT2D eigenvalue weighted by atomic mass is 9.81. The van der Waals surface area contributed by atoms with Crippen molar-refractivity contribution in [3.63, 3.8) is 0 Å². The highest BCUT2D eigenvalue weighted by Crippen LogP contribution is 2.30. The molecule has 7 heteroatoms. The zero-order valence-corrected chi connectivity index (χ0v) is 11.1. The maximum atomic E-state index is 12.1. The lowest BCUT2D eigenvalue weighted by Crippen LogP contribution is -2.40. The van der Waals surface area contributed by atoms with Crippen molar-refractivity contribution in [2.75, 3.05) is 5.43 Å². The molecule has 100 valence electrons. The summed E-state index contributed by atoms with van der Waals surface area (Å²) in [4.78, 5) is 4.05. The molecular formula is C11H18N4O2S. The third-order valence-corrected chi connectivity index (χ3v) is 4.94. The van der Waals surface area contributed by atoms with E-state index in [4.69, 9.17) is 5.84 Å². The van der Waals surface area contributed by atoms with Crippen molar-refractivity contribution in [3.05, 3.63) is 18.3 Å². The third kappa shape index (κ3) is 2.80. The second-order valence-corrected chi connectivity index (χ2v) is 6.34. The molecule has 0 aliphatic heterocycles. The number of anilines is 1. The van der Waals surface area contributed by atoms with Crippen LogP contribution in [0.15, 0.2) is 23.2 Å². The Labute approximate surface area is 107 Å². The molecule has 2 rings (SSSR count). The number of nitrogens with two attached hydrogens (primary N) is 1. The number of pyridine rings is 1. The smallest absolute Gasteiger partial charge is 0.242 e. The lowest BCUT2D eigenvalue weighted by molar-refractivity contribution is 0.260.